The summed E-state index contributed by atoms with van der Waals surface area (Å²) in [5, 5.41) is 24.8. The first-order valence-electron chi connectivity index (χ1n) is 23.0. The fraction of sp³-hybridized carbons (Fsp3) is 0.115. The first kappa shape index (κ1) is 43.2. The zero-order valence-electron chi connectivity index (χ0n) is 38.9. The maximum atomic E-state index is 9.83. The van der Waals surface area contributed by atoms with Crippen LogP contribution in [0.4, 0.5) is 34.1 Å². The van der Waals surface area contributed by atoms with Gasteiger partial charge in [0.15, 0.2) is 0 Å². The summed E-state index contributed by atoms with van der Waals surface area (Å²) < 4.78 is 0. The van der Waals surface area contributed by atoms with Gasteiger partial charge in [-0.1, -0.05) is 165 Å². The van der Waals surface area contributed by atoms with Crippen LogP contribution in [0.15, 0.2) is 206 Å². The monoisotopic (exact) mass is 896 g/mol. The number of hydrogen-bond donors (Lipinski definition) is 0. The summed E-state index contributed by atoms with van der Waals surface area (Å²) in [7, 11) is -3.11. The van der Waals surface area contributed by atoms with Crippen molar-refractivity contribution < 1.29 is 0 Å². The molecule has 0 spiro atoms. The van der Waals surface area contributed by atoms with Gasteiger partial charge in [-0.25, -0.2) is 0 Å². The Bertz CT molecular complexity index is 3200. The van der Waals surface area contributed by atoms with Crippen molar-refractivity contribution in [2.75, 3.05) is 9.80 Å². The normalized spacial score (nSPS) is 12.7. The number of nitrogens with zero attached hydrogens (tertiary/aromatic N) is 4. The Hall–Kier alpha value is -7.75. The zero-order chi connectivity index (χ0) is 46.5. The van der Waals surface area contributed by atoms with Crippen molar-refractivity contribution in [2.45, 2.75) is 44.7 Å². The molecule has 67 heavy (non-hydrogen) atoms. The lowest BCUT2D eigenvalue weighted by Crippen LogP contribution is -2.37. The minimum Gasteiger partial charge on any atom is -0.310 e. The molecule has 0 N–H and O–H groups in total. The molecule has 324 valence electrons. The third-order valence-electron chi connectivity index (χ3n) is 13.5. The summed E-state index contributed by atoms with van der Waals surface area (Å²) in [5.74, 6) is 0. The van der Waals surface area contributed by atoms with Gasteiger partial charge in [-0.3, -0.25) is 0 Å². The van der Waals surface area contributed by atoms with Gasteiger partial charge in [0.05, 0.1) is 50.5 Å². The summed E-state index contributed by atoms with van der Waals surface area (Å²) in [5.41, 5.74) is 13.7. The van der Waals surface area contributed by atoms with Gasteiger partial charge in [0.25, 0.3) is 0 Å². The Morgan fingerprint density at radius 1 is 0.388 bits per heavy atom. The zero-order valence-corrected chi connectivity index (χ0v) is 40.9. The predicted molar refractivity (Wildman–Crippen MR) is 286 cm³/mol. The van der Waals surface area contributed by atoms with Crippen LogP contribution < -0.4 is 20.2 Å². The summed E-state index contributed by atoms with van der Waals surface area (Å²) >= 11 is 0. The average molecular weight is 897 g/mol. The van der Waals surface area contributed by atoms with E-state index in [9.17, 15) is 10.5 Å². The van der Waals surface area contributed by atoms with Crippen LogP contribution in [0.3, 0.4) is 0 Å². The molecule has 0 saturated heterocycles. The van der Waals surface area contributed by atoms with Crippen molar-refractivity contribution in [2.24, 2.45) is 0 Å². The van der Waals surface area contributed by atoms with Gasteiger partial charge in [0, 0.05) is 33.8 Å². The van der Waals surface area contributed by atoms with E-state index in [1.54, 1.807) is 0 Å². The van der Waals surface area contributed by atoms with Crippen LogP contribution in [-0.2, 0) is 5.41 Å². The highest BCUT2D eigenvalue weighted by Gasteiger charge is 2.48. The van der Waals surface area contributed by atoms with Crippen molar-refractivity contribution in [3.8, 4) is 23.3 Å². The number of hydrogen-bond acceptors (Lipinski definition) is 4. The molecule has 0 atom stereocenters. The fourth-order valence-electron chi connectivity index (χ4n) is 10.1. The molecular weight excluding hydrogens is 845 g/mol. The molecule has 9 aromatic carbocycles. The van der Waals surface area contributed by atoms with Crippen LogP contribution in [0.25, 0.3) is 21.9 Å². The van der Waals surface area contributed by atoms with Gasteiger partial charge in [0.2, 0.25) is 0 Å². The van der Waals surface area contributed by atoms with E-state index in [1.807, 2.05) is 48.5 Å². The highest BCUT2D eigenvalue weighted by Crippen LogP contribution is 2.60. The van der Waals surface area contributed by atoms with E-state index in [-0.39, 0.29) is 0 Å². The first-order valence-corrected chi connectivity index (χ1v) is 30.0. The van der Waals surface area contributed by atoms with E-state index >= 15 is 0 Å². The molecule has 6 heteroatoms. The third kappa shape index (κ3) is 7.55. The van der Waals surface area contributed by atoms with Crippen LogP contribution >= 0.6 is 0 Å². The van der Waals surface area contributed by atoms with E-state index in [4.69, 9.17) is 0 Å². The molecule has 0 aliphatic heterocycles. The molecule has 0 radical (unpaired) electrons. The summed E-state index contributed by atoms with van der Waals surface area (Å²) in [6.07, 6.45) is 0. The van der Waals surface area contributed by atoms with E-state index < -0.39 is 21.6 Å². The molecule has 0 aromatic heterocycles. The summed E-state index contributed by atoms with van der Waals surface area (Å²) in [6.45, 7) is 14.4. The highest BCUT2D eigenvalue weighted by atomic mass is 28.3. The van der Waals surface area contributed by atoms with Crippen LogP contribution in [0, 0.1) is 22.7 Å². The van der Waals surface area contributed by atoms with Gasteiger partial charge in [-0.05, 0) is 130 Å². The SMILES string of the molecule is C[Si](C)(C)c1ccc(N(c2ccc([Si](C)(C)C)cc2)c2ccc3c(c2)C(c2ccccc2)(c2ccccc2)c2cc(N(c4ccc(C#N)cc4)c4ccc(C#N)cc4)c4ccccc4c2-3)cc1. The van der Waals surface area contributed by atoms with E-state index in [2.05, 4.69) is 219 Å². The maximum Gasteiger partial charge on any atom is 0.0991 e. The minimum absolute atomic E-state index is 0.591. The molecule has 0 heterocycles. The molecule has 4 nitrogen and oxygen atoms in total. The van der Waals surface area contributed by atoms with Crippen LogP contribution in [0.2, 0.25) is 39.3 Å². The van der Waals surface area contributed by atoms with E-state index in [1.165, 1.54) is 43.8 Å². The number of nitriles is 2. The van der Waals surface area contributed by atoms with Crippen LogP contribution in [0.5, 0.6) is 0 Å². The molecular formula is C61H52N4Si2. The average Bonchev–Trinajstić information content (AvgIpc) is 3.65. The van der Waals surface area contributed by atoms with Gasteiger partial charge < -0.3 is 9.80 Å². The predicted octanol–water partition coefficient (Wildman–Crippen LogP) is 15.0. The second-order valence-electron chi connectivity index (χ2n) is 19.7. The standard InChI is InChI=1S/C61H52N4Si2/c1-66(2,3)52-34-29-47(30-35-52)64(48-31-36-53(37-32-48)67(4,5)6)51-33-38-56-57(39-51)61(45-15-9-7-10-16-45,46-17-11-8-12-18-46)58-40-59(54-19-13-14-20-55(54)60(56)58)65(49-25-21-43(41-62)22-26-49)50-27-23-44(42-63)24-28-50/h7-40H,1-6H3. The third-order valence-corrected chi connectivity index (χ3v) is 17.6. The van der Waals surface area contributed by atoms with E-state index in [0.29, 0.717) is 11.1 Å². The topological polar surface area (TPSA) is 54.1 Å². The molecule has 0 fully saturated rings. The second kappa shape index (κ2) is 16.9. The molecule has 9 aromatic rings. The maximum absolute atomic E-state index is 9.83. The van der Waals surface area contributed by atoms with Gasteiger partial charge in [0.1, 0.15) is 0 Å². The number of fused-ring (bicyclic) bond motifs is 5. The molecule has 1 aliphatic rings. The number of benzene rings is 9. The molecule has 0 bridgehead atoms. The summed E-state index contributed by atoms with van der Waals surface area (Å²) in [6, 6.07) is 79.1. The Morgan fingerprint density at radius 2 is 0.791 bits per heavy atom. The molecule has 0 unspecified atom stereocenters. The Balaban J connectivity index is 1.29. The molecule has 10 rings (SSSR count). The summed E-state index contributed by atoms with van der Waals surface area (Å²) in [4.78, 5) is 4.71. The lowest BCUT2D eigenvalue weighted by atomic mass is 9.67. The Morgan fingerprint density at radius 3 is 1.24 bits per heavy atom. The number of anilines is 6. The lowest BCUT2D eigenvalue weighted by Gasteiger charge is -2.36. The van der Waals surface area contributed by atoms with Crippen molar-refractivity contribution in [3.05, 3.63) is 240 Å². The van der Waals surface area contributed by atoms with Crippen LogP contribution in [-0.4, -0.2) is 16.1 Å². The van der Waals surface area contributed by atoms with Crippen LogP contribution in [0.1, 0.15) is 33.4 Å². The first-order chi connectivity index (χ1) is 32.4. The van der Waals surface area contributed by atoms with Crippen molar-refractivity contribution in [1.82, 2.24) is 0 Å². The quantitative estimate of drug-likeness (QED) is 0.128. The largest absolute Gasteiger partial charge is 0.310 e. The fourth-order valence-corrected chi connectivity index (χ4v) is 12.4. The Labute approximate surface area is 397 Å². The second-order valence-corrected chi connectivity index (χ2v) is 29.8. The molecule has 1 aliphatic carbocycles. The number of rotatable bonds is 10. The van der Waals surface area contributed by atoms with Crippen molar-refractivity contribution in [3.63, 3.8) is 0 Å². The highest BCUT2D eigenvalue weighted by molar-refractivity contribution is 6.89. The van der Waals surface area contributed by atoms with Gasteiger partial charge in [-0.2, -0.15) is 10.5 Å². The van der Waals surface area contributed by atoms with E-state index in [0.717, 1.165) is 44.9 Å². The molecule has 0 amide bonds. The minimum atomic E-state index is -1.55. The van der Waals surface area contributed by atoms with Crippen molar-refractivity contribution >= 4 is 71.4 Å². The van der Waals surface area contributed by atoms with Gasteiger partial charge in [-0.15, -0.1) is 0 Å². The Kier molecular flexibility index (Phi) is 10.9. The van der Waals surface area contributed by atoms with Gasteiger partial charge >= 0.3 is 0 Å². The van der Waals surface area contributed by atoms with Crippen molar-refractivity contribution in [1.29, 1.82) is 10.5 Å². The smallest absolute Gasteiger partial charge is 0.0991 e. The molecule has 0 saturated carbocycles. The lowest BCUT2D eigenvalue weighted by molar-refractivity contribution is 0.769.